The summed E-state index contributed by atoms with van der Waals surface area (Å²) in [4.78, 5) is 37.1. The smallest absolute Gasteiger partial charge is 0.200 e. The Bertz CT molecular complexity index is 834. The first kappa shape index (κ1) is 14.3. The molecule has 3 aliphatic rings. The molecule has 1 aromatic carbocycles. The van der Waals surface area contributed by atoms with Crippen molar-refractivity contribution >= 4 is 17.3 Å². The van der Waals surface area contributed by atoms with E-state index in [0.29, 0.717) is 35.1 Å². The van der Waals surface area contributed by atoms with Crippen LogP contribution in [-0.2, 0) is 21.4 Å². The molecule has 0 saturated carbocycles. The molecule has 1 aromatic rings. The van der Waals surface area contributed by atoms with E-state index in [1.54, 1.807) is 25.1 Å². The van der Waals surface area contributed by atoms with Crippen molar-refractivity contribution in [3.05, 3.63) is 46.2 Å². The number of hydrogen-bond acceptors (Lipinski definition) is 5. The molecule has 0 heterocycles. The van der Waals surface area contributed by atoms with Crippen LogP contribution in [0, 0.1) is 0 Å². The number of benzene rings is 1. The van der Waals surface area contributed by atoms with Gasteiger partial charge in [0.1, 0.15) is 5.60 Å². The molecule has 1 N–H and O–H groups in total. The molecule has 118 valence electrons. The number of ether oxygens (including phenoxy) is 1. The lowest BCUT2D eigenvalue weighted by Gasteiger charge is -2.39. The van der Waals surface area contributed by atoms with Crippen molar-refractivity contribution in [2.75, 3.05) is 7.11 Å². The van der Waals surface area contributed by atoms with E-state index in [-0.39, 0.29) is 23.7 Å². The zero-order valence-electron chi connectivity index (χ0n) is 12.9. The lowest BCUT2D eigenvalue weighted by Crippen LogP contribution is -2.53. The van der Waals surface area contributed by atoms with Crippen LogP contribution in [0.15, 0.2) is 24.0 Å². The molecule has 0 radical (unpaired) electrons. The maximum absolute atomic E-state index is 13.0. The molecule has 2 atom stereocenters. The van der Waals surface area contributed by atoms with Gasteiger partial charge >= 0.3 is 0 Å². The molecule has 0 saturated heterocycles. The molecule has 4 rings (SSSR count). The molecule has 0 aliphatic heterocycles. The Labute approximate surface area is 132 Å². The van der Waals surface area contributed by atoms with Crippen LogP contribution in [0.4, 0.5) is 0 Å². The quantitative estimate of drug-likeness (QED) is 0.850. The molecule has 23 heavy (non-hydrogen) atoms. The standard InChI is InChI=1S/C18H16O5/c1-17-8-14(23-2)13(20)7-18(17,22)16(21)15-10-4-6-12(19)9(10)3-5-11(15)17/h3,5,8,22H,4,6-7H2,1-2H3. The van der Waals surface area contributed by atoms with E-state index in [1.807, 2.05) is 0 Å². The van der Waals surface area contributed by atoms with Gasteiger partial charge in [0.15, 0.2) is 23.1 Å². The van der Waals surface area contributed by atoms with Crippen molar-refractivity contribution in [1.29, 1.82) is 0 Å². The van der Waals surface area contributed by atoms with E-state index < -0.39 is 16.8 Å². The molecule has 0 aromatic heterocycles. The molecule has 3 aliphatic carbocycles. The first-order valence-corrected chi connectivity index (χ1v) is 7.60. The highest BCUT2D eigenvalue weighted by molar-refractivity contribution is 6.17. The Kier molecular flexibility index (Phi) is 2.60. The van der Waals surface area contributed by atoms with E-state index in [9.17, 15) is 19.5 Å². The molecule has 5 heteroatoms. The monoisotopic (exact) mass is 312 g/mol. The number of Topliss-reactive ketones (excluding diaryl/α,β-unsaturated/α-hetero) is 3. The fourth-order valence-electron chi connectivity index (χ4n) is 4.20. The predicted octanol–water partition coefficient (Wildman–Crippen LogP) is 1.50. The average molecular weight is 312 g/mol. The summed E-state index contributed by atoms with van der Waals surface area (Å²) < 4.78 is 5.12. The second-order valence-corrected chi connectivity index (χ2v) is 6.64. The van der Waals surface area contributed by atoms with Gasteiger partial charge < -0.3 is 9.84 Å². The van der Waals surface area contributed by atoms with Gasteiger partial charge in [-0.2, -0.15) is 0 Å². The second kappa shape index (κ2) is 4.17. The van der Waals surface area contributed by atoms with Crippen LogP contribution < -0.4 is 0 Å². The third-order valence-corrected chi connectivity index (χ3v) is 5.57. The van der Waals surface area contributed by atoms with Crippen LogP contribution in [-0.4, -0.2) is 35.2 Å². The summed E-state index contributed by atoms with van der Waals surface area (Å²) in [5.74, 6) is -0.663. The molecule has 0 amide bonds. The minimum absolute atomic E-state index is 0.0202. The summed E-state index contributed by atoms with van der Waals surface area (Å²) in [5.41, 5.74) is -0.485. The molecule has 2 unspecified atom stereocenters. The number of rotatable bonds is 1. The average Bonchev–Trinajstić information content (AvgIpc) is 2.97. The molecule has 0 bridgehead atoms. The topological polar surface area (TPSA) is 80.7 Å². The van der Waals surface area contributed by atoms with Gasteiger partial charge in [-0.1, -0.05) is 12.1 Å². The van der Waals surface area contributed by atoms with E-state index >= 15 is 0 Å². The SMILES string of the molecule is COC1=CC2(C)c3ccc4c(c3C(=O)C2(O)CC1=O)CCC4=O. The van der Waals surface area contributed by atoms with Crippen molar-refractivity contribution in [2.24, 2.45) is 0 Å². The highest BCUT2D eigenvalue weighted by Gasteiger charge is 2.63. The second-order valence-electron chi connectivity index (χ2n) is 6.64. The number of carbonyl (C=O) groups excluding carboxylic acids is 3. The Balaban J connectivity index is 2.03. The maximum atomic E-state index is 13.0. The number of methoxy groups -OCH3 is 1. The van der Waals surface area contributed by atoms with Crippen molar-refractivity contribution in [2.45, 2.75) is 37.2 Å². The van der Waals surface area contributed by atoms with Crippen molar-refractivity contribution in [3.63, 3.8) is 0 Å². The van der Waals surface area contributed by atoms with E-state index in [0.717, 1.165) is 0 Å². The third kappa shape index (κ3) is 1.48. The number of aliphatic hydroxyl groups is 1. The van der Waals surface area contributed by atoms with Crippen LogP contribution >= 0.6 is 0 Å². The molecular weight excluding hydrogens is 296 g/mol. The normalized spacial score (nSPS) is 31.6. The molecule has 0 fully saturated rings. The number of carbonyl (C=O) groups is 3. The van der Waals surface area contributed by atoms with Gasteiger partial charge in [-0.25, -0.2) is 0 Å². The summed E-state index contributed by atoms with van der Waals surface area (Å²) in [7, 11) is 1.40. The van der Waals surface area contributed by atoms with Gasteiger partial charge in [0, 0.05) is 17.5 Å². The van der Waals surface area contributed by atoms with Gasteiger partial charge in [-0.05, 0) is 30.5 Å². The van der Waals surface area contributed by atoms with Crippen molar-refractivity contribution in [3.8, 4) is 0 Å². The summed E-state index contributed by atoms with van der Waals surface area (Å²) in [6, 6.07) is 3.46. The summed E-state index contributed by atoms with van der Waals surface area (Å²) in [6.45, 7) is 1.74. The largest absolute Gasteiger partial charge is 0.493 e. The molecule has 5 nitrogen and oxygen atoms in total. The predicted molar refractivity (Wildman–Crippen MR) is 80.4 cm³/mol. The third-order valence-electron chi connectivity index (χ3n) is 5.57. The van der Waals surface area contributed by atoms with Gasteiger partial charge in [0.2, 0.25) is 0 Å². The fourth-order valence-corrected chi connectivity index (χ4v) is 4.20. The number of ketones is 3. The van der Waals surface area contributed by atoms with Crippen LogP contribution in [0.1, 0.15) is 51.6 Å². The maximum Gasteiger partial charge on any atom is 0.200 e. The fraction of sp³-hybridized carbons (Fsp3) is 0.389. The van der Waals surface area contributed by atoms with Crippen molar-refractivity contribution < 1.29 is 24.2 Å². The lowest BCUT2D eigenvalue weighted by molar-refractivity contribution is -0.125. The Morgan fingerprint density at radius 3 is 2.57 bits per heavy atom. The number of allylic oxidation sites excluding steroid dienone is 1. The van der Waals surface area contributed by atoms with E-state index in [1.165, 1.54) is 7.11 Å². The lowest BCUT2D eigenvalue weighted by atomic mass is 9.67. The Morgan fingerprint density at radius 1 is 1.13 bits per heavy atom. The van der Waals surface area contributed by atoms with Crippen LogP contribution in [0.25, 0.3) is 0 Å². The number of fused-ring (bicyclic) bond motifs is 5. The first-order valence-electron chi connectivity index (χ1n) is 7.60. The Hall–Kier alpha value is -2.27. The highest BCUT2D eigenvalue weighted by Crippen LogP contribution is 2.53. The zero-order chi connectivity index (χ0) is 16.6. The van der Waals surface area contributed by atoms with Gasteiger partial charge in [-0.15, -0.1) is 0 Å². The van der Waals surface area contributed by atoms with Gasteiger partial charge in [-0.3, -0.25) is 14.4 Å². The van der Waals surface area contributed by atoms with E-state index in [4.69, 9.17) is 4.74 Å². The Morgan fingerprint density at radius 2 is 1.87 bits per heavy atom. The first-order chi connectivity index (χ1) is 10.8. The van der Waals surface area contributed by atoms with E-state index in [2.05, 4.69) is 0 Å². The van der Waals surface area contributed by atoms with Crippen LogP contribution in [0.2, 0.25) is 0 Å². The van der Waals surface area contributed by atoms with Gasteiger partial charge in [0.05, 0.1) is 18.9 Å². The molecule has 0 spiro atoms. The minimum atomic E-state index is -1.81. The van der Waals surface area contributed by atoms with Crippen LogP contribution in [0.5, 0.6) is 0 Å². The number of hydrogen-bond donors (Lipinski definition) is 1. The summed E-state index contributed by atoms with van der Waals surface area (Å²) >= 11 is 0. The zero-order valence-corrected chi connectivity index (χ0v) is 12.9. The molecular formula is C18H16O5. The van der Waals surface area contributed by atoms with Gasteiger partial charge in [0.25, 0.3) is 0 Å². The van der Waals surface area contributed by atoms with Crippen molar-refractivity contribution in [1.82, 2.24) is 0 Å². The summed E-state index contributed by atoms with van der Waals surface area (Å²) in [6.07, 6.45) is 2.13. The highest BCUT2D eigenvalue weighted by atomic mass is 16.5. The minimum Gasteiger partial charge on any atom is -0.493 e. The summed E-state index contributed by atoms with van der Waals surface area (Å²) in [5, 5.41) is 11.1. The van der Waals surface area contributed by atoms with Crippen LogP contribution in [0.3, 0.4) is 0 Å².